The van der Waals surface area contributed by atoms with Crippen LogP contribution < -0.4 is 19.9 Å². The highest BCUT2D eigenvalue weighted by molar-refractivity contribution is 6.33. The van der Waals surface area contributed by atoms with Crippen LogP contribution in [0.2, 0.25) is 5.02 Å². The topological polar surface area (TPSA) is 62.1 Å². The quantitative estimate of drug-likeness (QED) is 0.259. The number of anilines is 2. The zero-order valence-electron chi connectivity index (χ0n) is 22.4. The number of hydrogen-bond acceptors (Lipinski definition) is 5. The minimum atomic E-state index is -4.73. The highest BCUT2D eigenvalue weighted by Gasteiger charge is 2.31. The summed E-state index contributed by atoms with van der Waals surface area (Å²) in [5.41, 5.74) is 3.82. The number of rotatable bonds is 7. The number of halogens is 5. The van der Waals surface area contributed by atoms with Gasteiger partial charge in [0.25, 0.3) is 5.91 Å². The Morgan fingerprint density at radius 1 is 1.12 bits per heavy atom. The Bertz CT molecular complexity index is 1560. The summed E-state index contributed by atoms with van der Waals surface area (Å²) in [5.74, 6) is -0.990. The molecule has 2 aromatic heterocycles. The lowest BCUT2D eigenvalue weighted by molar-refractivity contribution is -0.274. The molecule has 0 saturated carbocycles. The Balaban J connectivity index is 1.21. The maximum Gasteiger partial charge on any atom is 0.573 e. The van der Waals surface area contributed by atoms with Crippen LogP contribution in [0.25, 0.3) is 5.65 Å². The minimum absolute atomic E-state index is 0.0693. The van der Waals surface area contributed by atoms with Gasteiger partial charge in [-0.3, -0.25) is 9.20 Å². The molecule has 12 heteroatoms. The molecule has 0 spiro atoms. The first-order valence-corrected chi connectivity index (χ1v) is 13.5. The van der Waals surface area contributed by atoms with E-state index in [1.807, 2.05) is 32.0 Å². The molecule has 2 aromatic carbocycles. The maximum atomic E-state index is 13.6. The molecule has 1 aliphatic heterocycles. The van der Waals surface area contributed by atoms with Crippen molar-refractivity contribution in [3.05, 3.63) is 88.6 Å². The van der Waals surface area contributed by atoms with Gasteiger partial charge in [0.1, 0.15) is 22.9 Å². The van der Waals surface area contributed by atoms with Crippen molar-refractivity contribution in [3.63, 3.8) is 0 Å². The summed E-state index contributed by atoms with van der Waals surface area (Å²) in [6.07, 6.45) is -2.71. The largest absolute Gasteiger partial charge is 0.573 e. The van der Waals surface area contributed by atoms with Crippen molar-refractivity contribution in [2.45, 2.75) is 39.2 Å². The fourth-order valence-corrected chi connectivity index (χ4v) is 5.46. The number of carbonyl (C=O) groups excluding carboxylic acids is 1. The Kier molecular flexibility index (Phi) is 7.99. The highest BCUT2D eigenvalue weighted by Crippen LogP contribution is 2.32. The van der Waals surface area contributed by atoms with E-state index in [1.165, 1.54) is 30.5 Å². The van der Waals surface area contributed by atoms with Crippen molar-refractivity contribution >= 4 is 34.5 Å². The van der Waals surface area contributed by atoms with E-state index in [0.717, 1.165) is 16.9 Å². The summed E-state index contributed by atoms with van der Waals surface area (Å²) < 4.78 is 56.6. The number of amides is 1. The molecule has 5 rings (SSSR count). The second kappa shape index (κ2) is 11.5. The predicted octanol–water partition coefficient (Wildman–Crippen LogP) is 6.23. The number of carbonyl (C=O) groups is 1. The van der Waals surface area contributed by atoms with Gasteiger partial charge in [0, 0.05) is 50.2 Å². The first kappa shape index (κ1) is 28.5. The Morgan fingerprint density at radius 3 is 2.54 bits per heavy atom. The van der Waals surface area contributed by atoms with Crippen LogP contribution in [-0.2, 0) is 13.0 Å². The Morgan fingerprint density at radius 2 is 1.88 bits per heavy atom. The third kappa shape index (κ3) is 6.35. The van der Waals surface area contributed by atoms with Crippen LogP contribution >= 0.6 is 11.6 Å². The number of fused-ring (bicyclic) bond motifs is 1. The van der Waals surface area contributed by atoms with Crippen LogP contribution in [0.4, 0.5) is 28.9 Å². The molecule has 0 unspecified atom stereocenters. The van der Waals surface area contributed by atoms with Crippen molar-refractivity contribution in [3.8, 4) is 5.75 Å². The zero-order chi connectivity index (χ0) is 29.3. The summed E-state index contributed by atoms with van der Waals surface area (Å²) in [7, 11) is 0. The van der Waals surface area contributed by atoms with Crippen LogP contribution in [0.15, 0.2) is 60.8 Å². The third-order valence-electron chi connectivity index (χ3n) is 7.05. The number of alkyl halides is 3. The number of ether oxygens (including phenoxy) is 1. The number of nitrogens with one attached hydrogen (secondary N) is 1. The summed E-state index contributed by atoms with van der Waals surface area (Å²) in [5, 5.41) is 3.46. The van der Waals surface area contributed by atoms with Crippen LogP contribution in [-0.4, -0.2) is 47.3 Å². The van der Waals surface area contributed by atoms with E-state index < -0.39 is 12.2 Å². The molecule has 1 saturated heterocycles. The molecule has 41 heavy (non-hydrogen) atoms. The number of benzene rings is 2. The predicted molar refractivity (Wildman–Crippen MR) is 149 cm³/mol. The van der Waals surface area contributed by atoms with Gasteiger partial charge in [0.05, 0.1) is 16.4 Å². The van der Waals surface area contributed by atoms with Gasteiger partial charge in [-0.2, -0.15) is 0 Å². The third-order valence-corrected chi connectivity index (χ3v) is 7.35. The molecule has 1 atom stereocenters. The second-order valence-corrected chi connectivity index (χ2v) is 10.2. The van der Waals surface area contributed by atoms with E-state index in [4.69, 9.17) is 11.6 Å². The number of hydrogen-bond donors (Lipinski definition) is 1. The number of pyridine rings is 1. The van der Waals surface area contributed by atoms with E-state index in [9.17, 15) is 22.4 Å². The molecule has 1 N–H and O–H groups in total. The van der Waals surface area contributed by atoms with Crippen molar-refractivity contribution in [2.24, 2.45) is 0 Å². The molecule has 0 radical (unpaired) electrons. The van der Waals surface area contributed by atoms with E-state index in [-0.39, 0.29) is 24.2 Å². The smallest absolute Gasteiger partial charge is 0.406 e. The summed E-state index contributed by atoms with van der Waals surface area (Å²) >= 11 is 6.67. The van der Waals surface area contributed by atoms with Gasteiger partial charge in [0.15, 0.2) is 0 Å². The van der Waals surface area contributed by atoms with Crippen molar-refractivity contribution in [1.82, 2.24) is 14.7 Å². The Hall–Kier alpha value is -3.99. The monoisotopic (exact) mass is 589 g/mol. The molecule has 4 aromatic rings. The lowest BCUT2D eigenvalue weighted by Gasteiger charge is -2.42. The summed E-state index contributed by atoms with van der Waals surface area (Å²) in [6.45, 7) is 6.15. The zero-order valence-corrected chi connectivity index (χ0v) is 23.1. The molecular weight excluding hydrogens is 562 g/mol. The average molecular weight is 590 g/mol. The van der Waals surface area contributed by atoms with E-state index >= 15 is 0 Å². The standard InChI is InChI=1S/C29H28ClF4N5O2/c1-3-24-27(39-11-10-20(31)15-26(39)36-24)28(40)35-16-19-4-9-25(23(30)14-19)37-12-13-38(18(2)17-37)21-5-7-22(8-6-21)41-29(32,33)34/h4-11,14-15,18H,3,12-13,16-17H2,1-2H3,(H,35,40)/t18-/m0/s1. The molecule has 3 heterocycles. The van der Waals surface area contributed by atoms with Crippen LogP contribution in [0.1, 0.15) is 35.6 Å². The number of imidazole rings is 1. The fraction of sp³-hybridized carbons (Fsp3) is 0.310. The van der Waals surface area contributed by atoms with Crippen molar-refractivity contribution in [2.75, 3.05) is 29.4 Å². The first-order valence-electron chi connectivity index (χ1n) is 13.1. The molecule has 0 bridgehead atoms. The van der Waals surface area contributed by atoms with E-state index in [2.05, 4.69) is 24.8 Å². The van der Waals surface area contributed by atoms with E-state index in [0.29, 0.717) is 48.1 Å². The SMILES string of the molecule is CCc1nc2cc(F)ccn2c1C(=O)NCc1ccc(N2CCN(c3ccc(OC(F)(F)F)cc3)[C@@H](C)C2)c(Cl)c1. The lowest BCUT2D eigenvalue weighted by atomic mass is 10.1. The average Bonchev–Trinajstić information content (AvgIpc) is 3.29. The molecule has 0 aliphatic carbocycles. The minimum Gasteiger partial charge on any atom is -0.406 e. The molecule has 7 nitrogen and oxygen atoms in total. The lowest BCUT2D eigenvalue weighted by Crippen LogP contribution is -2.52. The number of aromatic nitrogens is 2. The van der Waals surface area contributed by atoms with Gasteiger partial charge in [-0.25, -0.2) is 9.37 Å². The van der Waals surface area contributed by atoms with Gasteiger partial charge >= 0.3 is 6.36 Å². The fourth-order valence-electron chi connectivity index (χ4n) is 5.14. The van der Waals surface area contributed by atoms with Crippen molar-refractivity contribution in [1.29, 1.82) is 0 Å². The molecule has 216 valence electrons. The maximum absolute atomic E-state index is 13.6. The van der Waals surface area contributed by atoms with Gasteiger partial charge < -0.3 is 19.9 Å². The van der Waals surface area contributed by atoms with Crippen LogP contribution in [0.5, 0.6) is 5.75 Å². The number of piperazine rings is 1. The Labute approximate surface area is 239 Å². The molecule has 1 aliphatic rings. The van der Waals surface area contributed by atoms with E-state index in [1.54, 1.807) is 16.5 Å². The van der Waals surface area contributed by atoms with Crippen LogP contribution in [0, 0.1) is 5.82 Å². The molecule has 1 amide bonds. The normalized spacial score (nSPS) is 15.8. The van der Waals surface area contributed by atoms with Crippen molar-refractivity contribution < 1.29 is 27.1 Å². The van der Waals surface area contributed by atoms with Gasteiger partial charge in [-0.1, -0.05) is 24.6 Å². The second-order valence-electron chi connectivity index (χ2n) is 9.83. The molecular formula is C29H28ClF4N5O2. The summed E-state index contributed by atoms with van der Waals surface area (Å²) in [6, 6.07) is 14.2. The number of aryl methyl sites for hydroxylation is 1. The van der Waals surface area contributed by atoms with Crippen LogP contribution in [0.3, 0.4) is 0 Å². The van der Waals surface area contributed by atoms with Gasteiger partial charge in [-0.15, -0.1) is 13.2 Å². The first-order chi connectivity index (χ1) is 19.5. The molecule has 1 fully saturated rings. The van der Waals surface area contributed by atoms with Gasteiger partial charge in [0.2, 0.25) is 0 Å². The summed E-state index contributed by atoms with van der Waals surface area (Å²) in [4.78, 5) is 21.7. The van der Waals surface area contributed by atoms with Gasteiger partial charge in [-0.05, 0) is 61.4 Å². The highest BCUT2D eigenvalue weighted by atomic mass is 35.5. The number of nitrogens with zero attached hydrogens (tertiary/aromatic N) is 4.